The summed E-state index contributed by atoms with van der Waals surface area (Å²) >= 11 is 3.94. The smallest absolute Gasteiger partial charge is 0.352 e. The summed E-state index contributed by atoms with van der Waals surface area (Å²) in [6, 6.07) is 3.97. The third-order valence-corrected chi connectivity index (χ3v) is 9.22. The van der Waals surface area contributed by atoms with Crippen molar-refractivity contribution in [1.82, 2.24) is 19.6 Å². The maximum absolute atomic E-state index is 12.9. The fourth-order valence-electron chi connectivity index (χ4n) is 3.68. The van der Waals surface area contributed by atoms with Gasteiger partial charge in [-0.2, -0.15) is 4.37 Å². The van der Waals surface area contributed by atoms with Crippen LogP contribution in [0.2, 0.25) is 0 Å². The summed E-state index contributed by atoms with van der Waals surface area (Å²) in [5.41, 5.74) is 7.17. The molecule has 0 saturated carbocycles. The fraction of sp³-hybridized carbons (Fsp3) is 0.350. The number of nitrogens with zero attached hydrogens (tertiary/aromatic N) is 3. The average molecular weight is 571 g/mol. The second kappa shape index (κ2) is 10.4. The highest BCUT2D eigenvalue weighted by molar-refractivity contribution is 8.01. The number of fused-ring (bicyclic) bond motifs is 1. The van der Waals surface area contributed by atoms with Gasteiger partial charge in [0.2, 0.25) is 15.9 Å². The van der Waals surface area contributed by atoms with Crippen molar-refractivity contribution in [2.75, 3.05) is 22.5 Å². The highest BCUT2D eigenvalue weighted by Crippen LogP contribution is 2.41. The molecule has 0 spiro atoms. The molecule has 0 aliphatic carbocycles. The lowest BCUT2D eigenvalue weighted by molar-refractivity contribution is -0.150. The van der Waals surface area contributed by atoms with Crippen LogP contribution in [0.5, 0.6) is 0 Å². The van der Waals surface area contributed by atoms with Gasteiger partial charge in [0.25, 0.3) is 5.91 Å². The highest BCUT2D eigenvalue weighted by atomic mass is 32.2. The van der Waals surface area contributed by atoms with Gasteiger partial charge in [0.15, 0.2) is 4.34 Å². The predicted molar refractivity (Wildman–Crippen MR) is 137 cm³/mol. The van der Waals surface area contributed by atoms with Gasteiger partial charge >= 0.3 is 5.97 Å². The number of benzene rings is 1. The summed E-state index contributed by atoms with van der Waals surface area (Å²) in [6.45, 7) is 1.77. The molecular weight excluding hydrogens is 549 g/mol. The van der Waals surface area contributed by atoms with Crippen molar-refractivity contribution in [2.24, 2.45) is 5.73 Å². The van der Waals surface area contributed by atoms with E-state index in [1.165, 1.54) is 52.1 Å². The number of carboxylic acid groups (broad SMARTS) is 1. The van der Waals surface area contributed by atoms with Crippen molar-refractivity contribution in [2.45, 2.75) is 28.7 Å². The summed E-state index contributed by atoms with van der Waals surface area (Å²) in [4.78, 5) is 43.2. The lowest BCUT2D eigenvalue weighted by Crippen LogP contribution is -2.71. The number of aromatic nitrogens is 2. The van der Waals surface area contributed by atoms with Crippen molar-refractivity contribution in [3.05, 3.63) is 46.9 Å². The Kier molecular flexibility index (Phi) is 7.61. The van der Waals surface area contributed by atoms with E-state index in [1.807, 2.05) is 0 Å². The van der Waals surface area contributed by atoms with E-state index in [2.05, 4.69) is 19.4 Å². The van der Waals surface area contributed by atoms with Gasteiger partial charge in [-0.25, -0.2) is 18.2 Å². The minimum Gasteiger partial charge on any atom is -0.477 e. The number of thioether (sulfide) groups is 2. The Bertz CT molecular complexity index is 1360. The van der Waals surface area contributed by atoms with Crippen LogP contribution in [0.15, 0.2) is 39.9 Å². The van der Waals surface area contributed by atoms with Gasteiger partial charge in [0.05, 0.1) is 6.26 Å². The van der Waals surface area contributed by atoms with Crippen molar-refractivity contribution >= 4 is 68.6 Å². The van der Waals surface area contributed by atoms with E-state index in [-0.39, 0.29) is 11.4 Å². The zero-order valence-electron chi connectivity index (χ0n) is 19.0. The van der Waals surface area contributed by atoms with Crippen molar-refractivity contribution in [3.8, 4) is 0 Å². The van der Waals surface area contributed by atoms with E-state index in [0.717, 1.165) is 6.26 Å². The van der Waals surface area contributed by atoms with E-state index in [1.54, 1.807) is 19.1 Å². The fourth-order valence-corrected chi connectivity index (χ4v) is 7.37. The van der Waals surface area contributed by atoms with Crippen LogP contribution in [0.4, 0.5) is 5.69 Å². The number of carbonyl (C=O) groups is 3. The van der Waals surface area contributed by atoms with Gasteiger partial charge in [0.1, 0.15) is 29.0 Å². The minimum absolute atomic E-state index is 0.0770. The molecular formula is C20H22N6O6S4. The monoisotopic (exact) mass is 570 g/mol. The van der Waals surface area contributed by atoms with Crippen molar-refractivity contribution < 1.29 is 27.9 Å². The van der Waals surface area contributed by atoms with Gasteiger partial charge < -0.3 is 16.2 Å². The Balaban J connectivity index is 1.44. The first-order valence-corrected chi connectivity index (χ1v) is 15.1. The lowest BCUT2D eigenvalue weighted by atomic mass is 10.0. The number of hydrogen-bond acceptors (Lipinski definition) is 11. The summed E-state index contributed by atoms with van der Waals surface area (Å²) in [6.07, 6.45) is 1.00. The Morgan fingerprint density at radius 2 is 2.14 bits per heavy atom. The third kappa shape index (κ3) is 5.67. The van der Waals surface area contributed by atoms with Crippen LogP contribution in [0.1, 0.15) is 17.4 Å². The first-order valence-electron chi connectivity index (χ1n) is 10.4. The highest BCUT2D eigenvalue weighted by Gasteiger charge is 2.54. The van der Waals surface area contributed by atoms with Crippen LogP contribution in [-0.4, -0.2) is 74.7 Å². The molecule has 192 valence electrons. The summed E-state index contributed by atoms with van der Waals surface area (Å²) in [5, 5.41) is 11.9. The molecule has 12 nitrogen and oxygen atoms in total. The van der Waals surface area contributed by atoms with Crippen molar-refractivity contribution in [1.29, 1.82) is 0 Å². The molecule has 4 rings (SSSR count). The van der Waals surface area contributed by atoms with E-state index in [4.69, 9.17) is 5.73 Å². The second-order valence-corrected chi connectivity index (χ2v) is 12.9. The zero-order chi connectivity index (χ0) is 26.2. The number of anilines is 1. The number of nitrogens with two attached hydrogens (primary N) is 1. The molecule has 2 amide bonds. The number of amides is 2. The van der Waals surface area contributed by atoms with Crippen molar-refractivity contribution in [3.63, 3.8) is 0 Å². The number of nitrogens with one attached hydrogen (secondary N) is 2. The van der Waals surface area contributed by atoms with Gasteiger partial charge in [-0.15, -0.1) is 11.8 Å². The number of aliphatic carboxylic acids is 1. The van der Waals surface area contributed by atoms with Gasteiger partial charge in [0, 0.05) is 17.2 Å². The van der Waals surface area contributed by atoms with E-state index in [9.17, 15) is 27.9 Å². The number of carbonyl (C=O) groups excluding carboxylic acids is 2. The molecule has 2 aliphatic heterocycles. The molecule has 1 fully saturated rings. The molecule has 2 unspecified atom stereocenters. The molecule has 1 aromatic heterocycles. The molecule has 2 aliphatic rings. The Morgan fingerprint density at radius 1 is 1.39 bits per heavy atom. The summed E-state index contributed by atoms with van der Waals surface area (Å²) in [7, 11) is -3.51. The molecule has 0 radical (unpaired) electrons. The molecule has 1 aromatic carbocycles. The van der Waals surface area contributed by atoms with Gasteiger partial charge in [-0.1, -0.05) is 23.9 Å². The molecule has 5 N–H and O–H groups in total. The van der Waals surface area contributed by atoms with Crippen LogP contribution < -0.4 is 15.8 Å². The van der Waals surface area contributed by atoms with Crippen LogP contribution in [0.25, 0.3) is 0 Å². The maximum Gasteiger partial charge on any atom is 0.352 e. The molecule has 1 saturated heterocycles. The number of carboxylic acids is 1. The normalized spacial score (nSPS) is 20.4. The molecule has 3 atom stereocenters. The summed E-state index contributed by atoms with van der Waals surface area (Å²) in [5.74, 6) is -1.03. The van der Waals surface area contributed by atoms with Gasteiger partial charge in [-0.3, -0.25) is 19.2 Å². The van der Waals surface area contributed by atoms with Gasteiger partial charge in [-0.05, 0) is 41.7 Å². The summed E-state index contributed by atoms with van der Waals surface area (Å²) < 4.78 is 30.1. The largest absolute Gasteiger partial charge is 0.477 e. The van der Waals surface area contributed by atoms with E-state index >= 15 is 0 Å². The average Bonchev–Trinajstić information content (AvgIpc) is 3.23. The first-order chi connectivity index (χ1) is 16.9. The predicted octanol–water partition coefficient (Wildman–Crippen LogP) is 0.749. The Hall–Kier alpha value is -2.66. The number of sulfonamides is 1. The van der Waals surface area contributed by atoms with E-state index in [0.29, 0.717) is 32.8 Å². The quantitative estimate of drug-likeness (QED) is 0.246. The van der Waals surface area contributed by atoms with Crippen LogP contribution >= 0.6 is 35.1 Å². The second-order valence-electron chi connectivity index (χ2n) is 8.03. The third-order valence-electron chi connectivity index (χ3n) is 5.26. The Morgan fingerprint density at radius 3 is 2.78 bits per heavy atom. The van der Waals surface area contributed by atoms with E-state index < -0.39 is 45.3 Å². The Labute approximate surface area is 219 Å². The molecule has 2 aromatic rings. The van der Waals surface area contributed by atoms with Crippen LogP contribution in [-0.2, 0) is 24.4 Å². The molecule has 0 bridgehead atoms. The molecule has 3 heterocycles. The minimum atomic E-state index is -3.51. The van der Waals surface area contributed by atoms with Crippen LogP contribution in [0, 0.1) is 6.92 Å². The van der Waals surface area contributed by atoms with Crippen LogP contribution in [0.3, 0.4) is 0 Å². The number of hydrogen-bond donors (Lipinski definition) is 4. The maximum atomic E-state index is 12.9. The standard InChI is InChI=1S/C20H22N6O6S4/c1-9-22-20(35-24-9)34-8-11-7-33-18-14(17(28)26(18)15(11)19(29)30)23-16(27)13(21)10-4-3-5-12(6-10)25-36(2,31)32/h3-6,13-14,18,25H,7-8,21H2,1-2H3,(H,23,27)(H,29,30)/t13?,14?,18-/m1/s1. The topological polar surface area (TPSA) is 185 Å². The zero-order valence-corrected chi connectivity index (χ0v) is 22.3. The SMILES string of the molecule is Cc1nsc(SCC2=C(C(=O)O)N3C(=O)C(NC(=O)C(N)c4cccc(NS(C)(=O)=O)c4)[C@H]3SC2)n1. The number of β-lactam (4-membered cyclic amide) rings is 1. The molecule has 16 heteroatoms. The first kappa shape index (κ1) is 26.4. The lowest BCUT2D eigenvalue weighted by Gasteiger charge is -2.49. The molecule has 36 heavy (non-hydrogen) atoms. The number of rotatable bonds is 9. The number of aryl methyl sites for hydroxylation is 1.